The molecular weight excluding hydrogens is 230 g/mol. The van der Waals surface area contributed by atoms with Crippen molar-refractivity contribution in [3.63, 3.8) is 0 Å². The Labute approximate surface area is 108 Å². The van der Waals surface area contributed by atoms with E-state index in [-0.39, 0.29) is 17.6 Å². The maximum absolute atomic E-state index is 6.09. The van der Waals surface area contributed by atoms with Crippen LogP contribution in [0.3, 0.4) is 0 Å². The Morgan fingerprint density at radius 3 is 2.78 bits per heavy atom. The number of hydrogen-bond acceptors (Lipinski definition) is 5. The maximum Gasteiger partial charge on any atom is 0.244 e. The van der Waals surface area contributed by atoms with E-state index in [1.54, 1.807) is 0 Å². The van der Waals surface area contributed by atoms with Gasteiger partial charge in [-0.05, 0) is 24.7 Å². The van der Waals surface area contributed by atoms with Gasteiger partial charge in [0, 0.05) is 13.0 Å². The van der Waals surface area contributed by atoms with Crippen molar-refractivity contribution in [3.05, 3.63) is 11.7 Å². The number of nitrogens with zero attached hydrogens (tertiary/aromatic N) is 2. The highest BCUT2D eigenvalue weighted by Gasteiger charge is 2.28. The van der Waals surface area contributed by atoms with Gasteiger partial charge in [-0.25, -0.2) is 0 Å². The van der Waals surface area contributed by atoms with Crippen molar-refractivity contribution in [2.75, 3.05) is 6.61 Å². The van der Waals surface area contributed by atoms with Gasteiger partial charge in [-0.1, -0.05) is 25.9 Å². The first-order valence-electron chi connectivity index (χ1n) is 6.66. The van der Waals surface area contributed by atoms with Crippen molar-refractivity contribution in [2.24, 2.45) is 11.1 Å². The Hall–Kier alpha value is -0.940. The zero-order chi connectivity index (χ0) is 13.2. The lowest BCUT2D eigenvalue weighted by molar-refractivity contribution is 0.0153. The second-order valence-electron chi connectivity index (χ2n) is 6.09. The topological polar surface area (TPSA) is 74.2 Å². The van der Waals surface area contributed by atoms with Crippen LogP contribution in [0, 0.1) is 5.41 Å². The number of ether oxygens (including phenoxy) is 1. The fraction of sp³-hybridized carbons (Fsp3) is 0.846. The summed E-state index contributed by atoms with van der Waals surface area (Å²) in [5, 5.41) is 4.00. The average molecular weight is 253 g/mol. The Balaban J connectivity index is 1.97. The lowest BCUT2D eigenvalue weighted by atomic mass is 9.87. The number of aromatic nitrogens is 2. The van der Waals surface area contributed by atoms with Gasteiger partial charge in [0.1, 0.15) is 0 Å². The third kappa shape index (κ3) is 3.29. The van der Waals surface area contributed by atoms with E-state index in [2.05, 4.69) is 30.9 Å². The van der Waals surface area contributed by atoms with Crippen LogP contribution in [0.2, 0.25) is 0 Å². The molecular formula is C13H23N3O2. The molecule has 0 amide bonds. The molecule has 2 N–H and O–H groups in total. The van der Waals surface area contributed by atoms with Gasteiger partial charge in [-0.2, -0.15) is 4.98 Å². The molecule has 102 valence electrons. The van der Waals surface area contributed by atoms with E-state index in [1.807, 2.05) is 0 Å². The van der Waals surface area contributed by atoms with Crippen LogP contribution in [-0.4, -0.2) is 22.9 Å². The lowest BCUT2D eigenvalue weighted by Crippen LogP contribution is -2.26. The molecule has 0 aromatic carbocycles. The van der Waals surface area contributed by atoms with Crippen molar-refractivity contribution in [1.82, 2.24) is 10.1 Å². The molecule has 1 aliphatic heterocycles. The second kappa shape index (κ2) is 5.36. The van der Waals surface area contributed by atoms with Crippen molar-refractivity contribution in [2.45, 2.75) is 58.6 Å². The lowest BCUT2D eigenvalue weighted by Gasteiger charge is -2.23. The van der Waals surface area contributed by atoms with E-state index in [1.165, 1.54) is 6.42 Å². The molecule has 5 nitrogen and oxygen atoms in total. The summed E-state index contributed by atoms with van der Waals surface area (Å²) in [4.78, 5) is 4.39. The van der Waals surface area contributed by atoms with Crippen LogP contribution in [-0.2, 0) is 11.2 Å². The molecule has 1 aliphatic rings. The Morgan fingerprint density at radius 2 is 2.17 bits per heavy atom. The Kier molecular flexibility index (Phi) is 4.02. The molecule has 18 heavy (non-hydrogen) atoms. The minimum Gasteiger partial charge on any atom is -0.378 e. The fourth-order valence-corrected chi connectivity index (χ4v) is 2.02. The standard InChI is InChI=1S/C13H23N3O2/c1-13(2,3)11(14)12-15-10(16-18-12)8-9-6-4-5-7-17-9/h9,11H,4-8,14H2,1-3H3/t9?,11-/m1/s1. The van der Waals surface area contributed by atoms with Crippen LogP contribution < -0.4 is 5.73 Å². The van der Waals surface area contributed by atoms with Crippen LogP contribution in [0.4, 0.5) is 0 Å². The summed E-state index contributed by atoms with van der Waals surface area (Å²) in [5.74, 6) is 1.23. The summed E-state index contributed by atoms with van der Waals surface area (Å²) in [5.41, 5.74) is 6.01. The third-order valence-corrected chi connectivity index (χ3v) is 3.37. The summed E-state index contributed by atoms with van der Waals surface area (Å²) < 4.78 is 10.9. The maximum atomic E-state index is 6.09. The molecule has 5 heteroatoms. The molecule has 0 aliphatic carbocycles. The van der Waals surface area contributed by atoms with E-state index in [4.69, 9.17) is 15.0 Å². The summed E-state index contributed by atoms with van der Waals surface area (Å²) in [6.07, 6.45) is 4.41. The predicted molar refractivity (Wildman–Crippen MR) is 68.0 cm³/mol. The van der Waals surface area contributed by atoms with Crippen molar-refractivity contribution in [3.8, 4) is 0 Å². The van der Waals surface area contributed by atoms with Gasteiger partial charge in [-0.3, -0.25) is 0 Å². The molecule has 1 aromatic heterocycles. The molecule has 1 saturated heterocycles. The normalized spacial score (nSPS) is 23.0. The number of hydrogen-bond donors (Lipinski definition) is 1. The van der Waals surface area contributed by atoms with Gasteiger partial charge in [0.25, 0.3) is 0 Å². The van der Waals surface area contributed by atoms with Crippen LogP contribution in [0.1, 0.15) is 57.8 Å². The van der Waals surface area contributed by atoms with Crippen LogP contribution in [0.25, 0.3) is 0 Å². The van der Waals surface area contributed by atoms with Crippen LogP contribution >= 0.6 is 0 Å². The monoisotopic (exact) mass is 253 g/mol. The molecule has 2 heterocycles. The molecule has 0 bridgehead atoms. The molecule has 1 fully saturated rings. The summed E-state index contributed by atoms with van der Waals surface area (Å²) in [6, 6.07) is -0.231. The molecule has 1 aromatic rings. The smallest absolute Gasteiger partial charge is 0.244 e. The SMILES string of the molecule is CC(C)(C)[C@H](N)c1nc(CC2CCCCO2)no1. The zero-order valence-electron chi connectivity index (χ0n) is 11.5. The summed E-state index contributed by atoms with van der Waals surface area (Å²) >= 11 is 0. The van der Waals surface area contributed by atoms with Crippen LogP contribution in [0.15, 0.2) is 4.52 Å². The number of nitrogens with two attached hydrogens (primary N) is 1. The molecule has 1 unspecified atom stereocenters. The van der Waals surface area contributed by atoms with Gasteiger partial charge >= 0.3 is 0 Å². The first kappa shape index (κ1) is 13.5. The highest BCUT2D eigenvalue weighted by Crippen LogP contribution is 2.29. The summed E-state index contributed by atoms with van der Waals surface area (Å²) in [6.45, 7) is 7.03. The van der Waals surface area contributed by atoms with Gasteiger partial charge < -0.3 is 15.0 Å². The highest BCUT2D eigenvalue weighted by molar-refractivity contribution is 4.97. The quantitative estimate of drug-likeness (QED) is 0.894. The minimum atomic E-state index is -0.231. The van der Waals surface area contributed by atoms with Gasteiger partial charge in [0.15, 0.2) is 5.82 Å². The zero-order valence-corrected chi connectivity index (χ0v) is 11.5. The average Bonchev–Trinajstić information content (AvgIpc) is 2.76. The largest absolute Gasteiger partial charge is 0.378 e. The second-order valence-corrected chi connectivity index (χ2v) is 6.09. The number of rotatable bonds is 3. The van der Waals surface area contributed by atoms with E-state index < -0.39 is 0 Å². The van der Waals surface area contributed by atoms with Crippen molar-refractivity contribution in [1.29, 1.82) is 0 Å². The molecule has 0 spiro atoms. The molecule has 0 saturated carbocycles. The van der Waals surface area contributed by atoms with E-state index in [0.29, 0.717) is 11.7 Å². The predicted octanol–water partition coefficient (Wildman–Crippen LogP) is 2.23. The first-order chi connectivity index (χ1) is 8.47. The Morgan fingerprint density at radius 1 is 1.39 bits per heavy atom. The fourth-order valence-electron chi connectivity index (χ4n) is 2.02. The Bertz CT molecular complexity index is 378. The van der Waals surface area contributed by atoms with E-state index in [9.17, 15) is 0 Å². The van der Waals surface area contributed by atoms with Crippen molar-refractivity contribution < 1.29 is 9.26 Å². The minimum absolute atomic E-state index is 0.0782. The highest BCUT2D eigenvalue weighted by atomic mass is 16.5. The van der Waals surface area contributed by atoms with E-state index >= 15 is 0 Å². The summed E-state index contributed by atoms with van der Waals surface area (Å²) in [7, 11) is 0. The van der Waals surface area contributed by atoms with Gasteiger partial charge in [0.2, 0.25) is 5.89 Å². The third-order valence-electron chi connectivity index (χ3n) is 3.37. The first-order valence-corrected chi connectivity index (χ1v) is 6.66. The van der Waals surface area contributed by atoms with Gasteiger partial charge in [0.05, 0.1) is 12.1 Å². The van der Waals surface area contributed by atoms with Crippen LogP contribution in [0.5, 0.6) is 0 Å². The molecule has 0 radical (unpaired) electrons. The molecule has 2 rings (SSSR count). The van der Waals surface area contributed by atoms with E-state index in [0.717, 1.165) is 25.9 Å². The van der Waals surface area contributed by atoms with Gasteiger partial charge in [-0.15, -0.1) is 0 Å². The molecule has 2 atom stereocenters. The van der Waals surface area contributed by atoms with Crippen molar-refractivity contribution >= 4 is 0 Å².